The van der Waals surface area contributed by atoms with E-state index < -0.39 is 24.0 Å². The number of nitrogens with zero attached hydrogens (tertiary/aromatic N) is 6. The number of pyridine rings is 1. The number of hydrogen-bond donors (Lipinski definition) is 1. The van der Waals surface area contributed by atoms with Crippen LogP contribution in [0, 0.1) is 12.7 Å². The fourth-order valence-corrected chi connectivity index (χ4v) is 4.69. The van der Waals surface area contributed by atoms with Gasteiger partial charge in [-0.15, -0.1) is 0 Å². The normalized spacial score (nSPS) is 20.6. The van der Waals surface area contributed by atoms with Gasteiger partial charge in [0.15, 0.2) is 17.7 Å². The maximum atomic E-state index is 14.7. The number of nitrogens with one attached hydrogen (secondary N) is 1. The van der Waals surface area contributed by atoms with E-state index in [1.54, 1.807) is 18.0 Å². The third kappa shape index (κ3) is 4.72. The van der Waals surface area contributed by atoms with Gasteiger partial charge in [0, 0.05) is 31.9 Å². The Morgan fingerprint density at radius 1 is 1.12 bits per heavy atom. The van der Waals surface area contributed by atoms with Crippen LogP contribution in [0.4, 0.5) is 19.0 Å². The number of aromatic nitrogens is 5. The topological polar surface area (TPSA) is 81.0 Å². The van der Waals surface area contributed by atoms with Crippen LogP contribution in [0.1, 0.15) is 49.6 Å². The molecule has 0 amide bonds. The van der Waals surface area contributed by atoms with E-state index in [4.69, 9.17) is 4.74 Å². The van der Waals surface area contributed by atoms with Gasteiger partial charge >= 0.3 is 5.92 Å². The van der Waals surface area contributed by atoms with Crippen molar-refractivity contribution in [1.82, 2.24) is 29.6 Å². The highest BCUT2D eigenvalue weighted by atomic mass is 19.3. The molecule has 3 aromatic rings. The molecule has 5 rings (SSSR count). The Morgan fingerprint density at radius 3 is 2.68 bits per heavy atom. The van der Waals surface area contributed by atoms with Crippen LogP contribution in [0.5, 0.6) is 0 Å². The summed E-state index contributed by atoms with van der Waals surface area (Å²) in [6.45, 7) is 2.70. The summed E-state index contributed by atoms with van der Waals surface area (Å²) in [6.07, 6.45) is 8.76. The first kappa shape index (κ1) is 23.0. The Labute approximate surface area is 195 Å². The molecule has 5 heterocycles. The van der Waals surface area contributed by atoms with E-state index in [0.717, 1.165) is 30.7 Å². The first-order valence-electron chi connectivity index (χ1n) is 11.7. The van der Waals surface area contributed by atoms with Gasteiger partial charge in [-0.1, -0.05) is 0 Å². The zero-order valence-corrected chi connectivity index (χ0v) is 19.1. The summed E-state index contributed by atoms with van der Waals surface area (Å²) in [5.41, 5.74) is 0.439. The van der Waals surface area contributed by atoms with Crippen molar-refractivity contribution in [3.8, 4) is 0 Å². The van der Waals surface area contributed by atoms with Crippen LogP contribution in [0.15, 0.2) is 24.8 Å². The number of piperidine rings is 1. The van der Waals surface area contributed by atoms with E-state index >= 15 is 0 Å². The van der Waals surface area contributed by atoms with Crippen LogP contribution in [-0.2, 0) is 10.7 Å². The van der Waals surface area contributed by atoms with Crippen molar-refractivity contribution in [2.75, 3.05) is 31.6 Å². The SMILES string of the molecule is Cc1cnc(C(F)(F)CN2CCC(Nc3ncnc4c3cnn4C3CCCCO3)CC2)c(F)c1. The molecule has 0 saturated carbocycles. The van der Waals surface area contributed by atoms with Crippen molar-refractivity contribution in [3.05, 3.63) is 41.9 Å². The molecule has 0 bridgehead atoms. The molecule has 0 radical (unpaired) electrons. The van der Waals surface area contributed by atoms with Crippen LogP contribution in [0.25, 0.3) is 11.0 Å². The van der Waals surface area contributed by atoms with Gasteiger partial charge in [0.2, 0.25) is 0 Å². The molecule has 1 N–H and O–H groups in total. The van der Waals surface area contributed by atoms with Crippen LogP contribution in [0.2, 0.25) is 0 Å². The molecule has 0 aromatic carbocycles. The minimum absolute atomic E-state index is 0.0755. The molecule has 3 aromatic heterocycles. The van der Waals surface area contributed by atoms with E-state index in [1.807, 2.05) is 4.68 Å². The average Bonchev–Trinajstić information content (AvgIpc) is 3.26. The van der Waals surface area contributed by atoms with E-state index in [1.165, 1.54) is 12.5 Å². The van der Waals surface area contributed by atoms with Gasteiger partial charge in [-0.3, -0.25) is 9.88 Å². The Balaban J connectivity index is 1.21. The smallest absolute Gasteiger partial charge is 0.304 e. The van der Waals surface area contributed by atoms with Crippen molar-refractivity contribution >= 4 is 16.9 Å². The van der Waals surface area contributed by atoms with Crippen molar-refractivity contribution in [2.45, 2.75) is 57.2 Å². The summed E-state index contributed by atoms with van der Waals surface area (Å²) in [5.74, 6) is -3.64. The summed E-state index contributed by atoms with van der Waals surface area (Å²) < 4.78 is 51.1. The minimum atomic E-state index is -3.35. The van der Waals surface area contributed by atoms with Gasteiger partial charge < -0.3 is 10.1 Å². The highest BCUT2D eigenvalue weighted by molar-refractivity contribution is 5.86. The van der Waals surface area contributed by atoms with Crippen LogP contribution in [0.3, 0.4) is 0 Å². The quantitative estimate of drug-likeness (QED) is 0.576. The number of fused-ring (bicyclic) bond motifs is 1. The average molecular weight is 476 g/mol. The van der Waals surface area contributed by atoms with Gasteiger partial charge in [-0.2, -0.15) is 13.9 Å². The van der Waals surface area contributed by atoms with Crippen molar-refractivity contribution in [2.24, 2.45) is 0 Å². The summed E-state index contributed by atoms with van der Waals surface area (Å²) in [5, 5.41) is 8.74. The fourth-order valence-electron chi connectivity index (χ4n) is 4.69. The van der Waals surface area contributed by atoms with E-state index in [9.17, 15) is 13.2 Å². The van der Waals surface area contributed by atoms with Gasteiger partial charge in [0.25, 0.3) is 0 Å². The van der Waals surface area contributed by atoms with Crippen molar-refractivity contribution < 1.29 is 17.9 Å². The zero-order chi connectivity index (χ0) is 23.7. The number of ether oxygens (including phenoxy) is 1. The summed E-state index contributed by atoms with van der Waals surface area (Å²) >= 11 is 0. The molecule has 2 fully saturated rings. The molecular weight excluding hydrogens is 447 g/mol. The second-order valence-electron chi connectivity index (χ2n) is 9.11. The largest absolute Gasteiger partial charge is 0.367 e. The van der Waals surface area contributed by atoms with E-state index in [0.29, 0.717) is 49.6 Å². The number of halogens is 3. The zero-order valence-electron chi connectivity index (χ0n) is 19.1. The Kier molecular flexibility index (Phi) is 6.39. The number of hydrogen-bond acceptors (Lipinski definition) is 7. The molecule has 0 spiro atoms. The number of alkyl halides is 2. The summed E-state index contributed by atoms with van der Waals surface area (Å²) in [6, 6.07) is 1.17. The monoisotopic (exact) mass is 475 g/mol. The van der Waals surface area contributed by atoms with Gasteiger partial charge in [-0.05, 0) is 50.7 Å². The lowest BCUT2D eigenvalue weighted by molar-refractivity contribution is -0.0486. The molecule has 34 heavy (non-hydrogen) atoms. The lowest BCUT2D eigenvalue weighted by atomic mass is 10.0. The number of anilines is 1. The van der Waals surface area contributed by atoms with Crippen LogP contribution in [-0.4, -0.2) is 61.9 Å². The van der Waals surface area contributed by atoms with Crippen molar-refractivity contribution in [1.29, 1.82) is 0 Å². The van der Waals surface area contributed by atoms with Crippen LogP contribution >= 0.6 is 0 Å². The molecule has 0 aliphatic carbocycles. The molecule has 8 nitrogen and oxygen atoms in total. The maximum Gasteiger partial charge on any atom is 0.304 e. The molecule has 1 unspecified atom stereocenters. The lowest BCUT2D eigenvalue weighted by Gasteiger charge is -2.34. The Bertz CT molecular complexity index is 1140. The first-order chi connectivity index (χ1) is 16.4. The second-order valence-corrected chi connectivity index (χ2v) is 9.11. The maximum absolute atomic E-state index is 14.7. The predicted octanol–water partition coefficient (Wildman–Crippen LogP) is 4.04. The third-order valence-electron chi connectivity index (χ3n) is 6.49. The van der Waals surface area contributed by atoms with Gasteiger partial charge in [-0.25, -0.2) is 19.0 Å². The first-order valence-corrected chi connectivity index (χ1v) is 11.7. The molecule has 2 aliphatic heterocycles. The molecule has 182 valence electrons. The van der Waals surface area contributed by atoms with Gasteiger partial charge in [0.05, 0.1) is 18.1 Å². The highest BCUT2D eigenvalue weighted by Crippen LogP contribution is 2.32. The highest BCUT2D eigenvalue weighted by Gasteiger charge is 2.39. The Morgan fingerprint density at radius 2 is 1.94 bits per heavy atom. The molecule has 11 heteroatoms. The molecule has 2 saturated heterocycles. The fraction of sp³-hybridized carbons (Fsp3) is 0.565. The lowest BCUT2D eigenvalue weighted by Crippen LogP contribution is -2.44. The second kappa shape index (κ2) is 9.46. The minimum Gasteiger partial charge on any atom is -0.367 e. The standard InChI is InChI=1S/C23H28F3N7O/c1-15-10-18(24)20(27-11-15)23(25,26)13-32-7-5-16(6-8-32)31-21-17-12-30-33(22(17)29-14-28-21)19-4-2-3-9-34-19/h10-12,14,16,19H,2-9,13H2,1H3,(H,28,29,31). The number of likely N-dealkylation sites (tertiary alicyclic amines) is 1. The summed E-state index contributed by atoms with van der Waals surface area (Å²) in [7, 11) is 0. The Hall–Kier alpha value is -2.79. The summed E-state index contributed by atoms with van der Waals surface area (Å²) in [4.78, 5) is 14.1. The number of rotatable bonds is 6. The van der Waals surface area contributed by atoms with Gasteiger partial charge in [0.1, 0.15) is 17.8 Å². The predicted molar refractivity (Wildman–Crippen MR) is 120 cm³/mol. The molecule has 2 aliphatic rings. The number of aryl methyl sites for hydroxylation is 1. The molecular formula is C23H28F3N7O. The van der Waals surface area contributed by atoms with E-state index in [-0.39, 0.29) is 12.3 Å². The van der Waals surface area contributed by atoms with E-state index in [2.05, 4.69) is 25.4 Å². The molecule has 1 atom stereocenters. The van der Waals surface area contributed by atoms with Crippen molar-refractivity contribution in [3.63, 3.8) is 0 Å². The van der Waals surface area contributed by atoms with Crippen LogP contribution < -0.4 is 5.32 Å². The third-order valence-corrected chi connectivity index (χ3v) is 6.49.